The smallest absolute Gasteiger partial charge is 0.420 e. The van der Waals surface area contributed by atoms with Crippen LogP contribution in [-0.4, -0.2) is 52.9 Å². The van der Waals surface area contributed by atoms with Gasteiger partial charge in [0.05, 0.1) is 17.6 Å². The molecule has 0 spiro atoms. The molecule has 1 aromatic rings. The maximum atomic E-state index is 12.4. The number of ether oxygens (including phenoxy) is 2. The van der Waals surface area contributed by atoms with Gasteiger partial charge >= 0.3 is 12.2 Å². The molecule has 3 rings (SSSR count). The van der Waals surface area contributed by atoms with Crippen molar-refractivity contribution >= 4 is 23.6 Å². The van der Waals surface area contributed by atoms with Gasteiger partial charge in [-0.1, -0.05) is 0 Å². The molecule has 0 aliphatic carbocycles. The van der Waals surface area contributed by atoms with Crippen LogP contribution in [0.2, 0.25) is 0 Å². The minimum atomic E-state index is -0.681. The number of nitrogens with zero attached hydrogens (tertiary/aromatic N) is 3. The van der Waals surface area contributed by atoms with E-state index in [1.54, 1.807) is 33.2 Å². The summed E-state index contributed by atoms with van der Waals surface area (Å²) >= 11 is 0. The predicted octanol–water partition coefficient (Wildman–Crippen LogP) is 2.00. The molecule has 8 heteroatoms. The summed E-state index contributed by atoms with van der Waals surface area (Å²) in [5.74, 6) is 0. The summed E-state index contributed by atoms with van der Waals surface area (Å²) in [4.78, 5) is 31.6. The van der Waals surface area contributed by atoms with Crippen LogP contribution in [0.5, 0.6) is 0 Å². The first kappa shape index (κ1) is 16.4. The first-order chi connectivity index (χ1) is 11.3. The Kier molecular flexibility index (Phi) is 3.98. The van der Waals surface area contributed by atoms with Gasteiger partial charge in [0, 0.05) is 25.7 Å². The molecule has 3 heterocycles. The Morgan fingerprint density at radius 1 is 1.46 bits per heavy atom. The van der Waals surface area contributed by atoms with E-state index in [4.69, 9.17) is 15.2 Å². The lowest BCUT2D eigenvalue weighted by molar-refractivity contribution is 0.0285. The Morgan fingerprint density at radius 3 is 2.88 bits per heavy atom. The topological polar surface area (TPSA) is 98.0 Å². The van der Waals surface area contributed by atoms with Crippen LogP contribution in [0.4, 0.5) is 21.0 Å². The van der Waals surface area contributed by atoms with E-state index in [-0.39, 0.29) is 6.10 Å². The number of aromatic nitrogens is 1. The number of nitrogens with two attached hydrogens (primary N) is 1. The zero-order valence-electron chi connectivity index (χ0n) is 14.1. The van der Waals surface area contributed by atoms with E-state index in [9.17, 15) is 9.59 Å². The van der Waals surface area contributed by atoms with Crippen LogP contribution in [0.3, 0.4) is 0 Å². The van der Waals surface area contributed by atoms with Crippen molar-refractivity contribution in [3.05, 3.63) is 18.5 Å². The monoisotopic (exact) mass is 334 g/mol. The van der Waals surface area contributed by atoms with Crippen LogP contribution in [-0.2, 0) is 9.47 Å². The van der Waals surface area contributed by atoms with Crippen LogP contribution < -0.4 is 10.6 Å². The van der Waals surface area contributed by atoms with Gasteiger partial charge in [-0.15, -0.1) is 0 Å². The zero-order valence-corrected chi connectivity index (χ0v) is 14.1. The summed E-state index contributed by atoms with van der Waals surface area (Å²) < 4.78 is 10.7. The van der Waals surface area contributed by atoms with Gasteiger partial charge in [-0.25, -0.2) is 14.5 Å². The van der Waals surface area contributed by atoms with E-state index in [1.165, 1.54) is 0 Å². The summed E-state index contributed by atoms with van der Waals surface area (Å²) in [7, 11) is 0. The summed E-state index contributed by atoms with van der Waals surface area (Å²) in [6.45, 7) is 6.41. The summed E-state index contributed by atoms with van der Waals surface area (Å²) in [5.41, 5.74) is 6.70. The average Bonchev–Trinajstić information content (AvgIpc) is 2.81. The van der Waals surface area contributed by atoms with Gasteiger partial charge < -0.3 is 20.1 Å². The molecule has 0 bridgehead atoms. The third-order valence-corrected chi connectivity index (χ3v) is 4.06. The van der Waals surface area contributed by atoms with E-state index in [1.807, 2.05) is 11.0 Å². The SMILES string of the molecule is CC(C)(C)OC(=O)N1C(=O)O[C@@H]2CCN(c3ccncc3N)C[C@@H]21. The molecule has 130 valence electrons. The molecule has 2 N–H and O–H groups in total. The lowest BCUT2D eigenvalue weighted by Crippen LogP contribution is -2.53. The highest BCUT2D eigenvalue weighted by Crippen LogP contribution is 2.32. The fraction of sp³-hybridized carbons (Fsp3) is 0.562. The second kappa shape index (κ2) is 5.85. The number of nitrogen functional groups attached to an aromatic ring is 1. The molecule has 8 nitrogen and oxygen atoms in total. The van der Waals surface area contributed by atoms with E-state index in [2.05, 4.69) is 4.98 Å². The zero-order chi connectivity index (χ0) is 17.5. The molecule has 2 aliphatic heterocycles. The molecule has 2 atom stereocenters. The molecular weight excluding hydrogens is 312 g/mol. The number of piperidine rings is 1. The Balaban J connectivity index is 1.80. The minimum absolute atomic E-state index is 0.315. The fourth-order valence-electron chi connectivity index (χ4n) is 3.04. The molecule has 0 radical (unpaired) electrons. The standard InChI is InChI=1S/C16H22N4O4/c1-16(2,3)24-15(22)20-12-9-19(7-5-13(12)23-14(20)21)11-4-6-18-8-10(11)17/h4,6,8,12-13H,5,7,9,17H2,1-3H3/t12-,13+/m0/s1. The molecule has 2 saturated heterocycles. The third kappa shape index (κ3) is 3.08. The Labute approximate surface area is 140 Å². The van der Waals surface area contributed by atoms with Crippen molar-refractivity contribution in [1.29, 1.82) is 0 Å². The number of amides is 2. The van der Waals surface area contributed by atoms with Gasteiger partial charge in [0.2, 0.25) is 0 Å². The van der Waals surface area contributed by atoms with Crippen molar-refractivity contribution in [1.82, 2.24) is 9.88 Å². The van der Waals surface area contributed by atoms with Gasteiger partial charge in [0.1, 0.15) is 17.7 Å². The van der Waals surface area contributed by atoms with E-state index in [0.29, 0.717) is 25.2 Å². The van der Waals surface area contributed by atoms with E-state index < -0.39 is 23.8 Å². The first-order valence-electron chi connectivity index (χ1n) is 7.93. The van der Waals surface area contributed by atoms with E-state index >= 15 is 0 Å². The summed E-state index contributed by atoms with van der Waals surface area (Å²) in [5, 5.41) is 0. The molecule has 2 aliphatic rings. The normalized spacial score (nSPS) is 23.7. The predicted molar refractivity (Wildman–Crippen MR) is 87.6 cm³/mol. The molecule has 0 aromatic carbocycles. The van der Waals surface area contributed by atoms with Gasteiger partial charge in [0.15, 0.2) is 0 Å². The van der Waals surface area contributed by atoms with E-state index in [0.717, 1.165) is 10.6 Å². The number of imide groups is 1. The lowest BCUT2D eigenvalue weighted by Gasteiger charge is -2.37. The van der Waals surface area contributed by atoms with Gasteiger partial charge in [-0.3, -0.25) is 4.98 Å². The van der Waals surface area contributed by atoms with Crippen molar-refractivity contribution < 1.29 is 19.1 Å². The quantitative estimate of drug-likeness (QED) is 0.838. The number of fused-ring (bicyclic) bond motifs is 1. The van der Waals surface area contributed by atoms with Crippen LogP contribution in [0, 0.1) is 0 Å². The molecule has 0 unspecified atom stereocenters. The summed E-state index contributed by atoms with van der Waals surface area (Å²) in [6.07, 6.45) is 2.23. The molecule has 0 saturated carbocycles. The van der Waals surface area contributed by atoms with Crippen LogP contribution in [0.1, 0.15) is 27.2 Å². The molecule has 2 amide bonds. The second-order valence-corrected chi connectivity index (χ2v) is 7.01. The fourth-order valence-corrected chi connectivity index (χ4v) is 3.04. The van der Waals surface area contributed by atoms with Crippen molar-refractivity contribution in [3.8, 4) is 0 Å². The van der Waals surface area contributed by atoms with Crippen LogP contribution in [0.15, 0.2) is 18.5 Å². The highest BCUT2D eigenvalue weighted by molar-refractivity contribution is 5.90. The Hall–Kier alpha value is -2.51. The number of pyridine rings is 1. The van der Waals surface area contributed by atoms with Crippen LogP contribution in [0.25, 0.3) is 0 Å². The molecule has 24 heavy (non-hydrogen) atoms. The number of carbonyl (C=O) groups excluding carboxylic acids is 2. The van der Waals surface area contributed by atoms with Gasteiger partial charge in [0.25, 0.3) is 0 Å². The largest absolute Gasteiger partial charge is 0.443 e. The average molecular weight is 334 g/mol. The second-order valence-electron chi connectivity index (χ2n) is 7.01. The molecule has 1 aromatic heterocycles. The Morgan fingerprint density at radius 2 is 2.21 bits per heavy atom. The van der Waals surface area contributed by atoms with Crippen molar-refractivity contribution in [2.45, 2.75) is 44.9 Å². The minimum Gasteiger partial charge on any atom is -0.443 e. The highest BCUT2D eigenvalue weighted by Gasteiger charge is 2.49. The van der Waals surface area contributed by atoms with Crippen molar-refractivity contribution in [3.63, 3.8) is 0 Å². The lowest BCUT2D eigenvalue weighted by atomic mass is 10.0. The summed E-state index contributed by atoms with van der Waals surface area (Å²) in [6, 6.07) is 1.43. The number of rotatable bonds is 1. The first-order valence-corrected chi connectivity index (χ1v) is 7.93. The maximum Gasteiger partial charge on any atom is 0.420 e. The van der Waals surface area contributed by atoms with Crippen LogP contribution >= 0.6 is 0 Å². The highest BCUT2D eigenvalue weighted by atomic mass is 16.6. The van der Waals surface area contributed by atoms with Gasteiger partial charge in [-0.2, -0.15) is 0 Å². The Bertz CT molecular complexity index is 658. The third-order valence-electron chi connectivity index (χ3n) is 4.06. The number of hydrogen-bond acceptors (Lipinski definition) is 7. The van der Waals surface area contributed by atoms with Crippen molar-refractivity contribution in [2.75, 3.05) is 23.7 Å². The number of anilines is 2. The molecule has 2 fully saturated rings. The maximum absolute atomic E-state index is 12.4. The number of hydrogen-bond donors (Lipinski definition) is 1. The van der Waals surface area contributed by atoms with Crippen molar-refractivity contribution in [2.24, 2.45) is 0 Å². The number of carbonyl (C=O) groups is 2. The van der Waals surface area contributed by atoms with Gasteiger partial charge in [-0.05, 0) is 26.8 Å². The molecular formula is C16H22N4O4.